The largest absolute Gasteiger partial charge is 0.492 e. The van der Waals surface area contributed by atoms with Crippen LogP contribution in [0.25, 0.3) is 0 Å². The van der Waals surface area contributed by atoms with E-state index in [1.807, 2.05) is 67.3 Å². The molecule has 0 unspecified atom stereocenters. The highest BCUT2D eigenvalue weighted by atomic mass is 35.5. The van der Waals surface area contributed by atoms with Crippen molar-refractivity contribution in [2.75, 3.05) is 18.9 Å². The maximum Gasteiger partial charge on any atom is 0.251 e. The molecule has 3 aromatic carbocycles. The summed E-state index contributed by atoms with van der Waals surface area (Å²) >= 11 is 7.58. The van der Waals surface area contributed by atoms with Crippen molar-refractivity contribution in [2.24, 2.45) is 0 Å². The molecule has 0 bridgehead atoms. The first-order chi connectivity index (χ1) is 16.4. The second kappa shape index (κ2) is 11.0. The zero-order valence-corrected chi connectivity index (χ0v) is 20.8. The molecule has 3 aromatic rings. The fourth-order valence-corrected chi connectivity index (χ4v) is 5.25. The third kappa shape index (κ3) is 6.13. The highest BCUT2D eigenvalue weighted by Gasteiger charge is 2.32. The number of rotatable bonds is 8. The number of thioether (sulfide) groups is 1. The smallest absolute Gasteiger partial charge is 0.251 e. The van der Waals surface area contributed by atoms with Gasteiger partial charge in [0.05, 0.1) is 12.3 Å². The van der Waals surface area contributed by atoms with Gasteiger partial charge in [0, 0.05) is 17.1 Å². The molecule has 0 aromatic heterocycles. The Kier molecular flexibility index (Phi) is 7.80. The summed E-state index contributed by atoms with van der Waals surface area (Å²) in [6.07, 6.45) is 0. The summed E-state index contributed by atoms with van der Waals surface area (Å²) in [6, 6.07) is 21.1. The number of hydrogen-bond acceptors (Lipinski definition) is 4. The average Bonchev–Trinajstić information content (AvgIpc) is 3.17. The Morgan fingerprint density at radius 2 is 1.74 bits per heavy atom. The summed E-state index contributed by atoms with van der Waals surface area (Å²) in [5, 5.41) is 3.49. The maximum atomic E-state index is 12.5. The normalized spacial score (nSPS) is 15.4. The van der Waals surface area contributed by atoms with E-state index in [0.29, 0.717) is 36.0 Å². The molecule has 1 N–H and O–H groups in total. The Labute approximate surface area is 209 Å². The molecule has 1 aliphatic heterocycles. The van der Waals surface area contributed by atoms with Crippen molar-refractivity contribution in [2.45, 2.75) is 25.8 Å². The van der Waals surface area contributed by atoms with Crippen LogP contribution in [-0.2, 0) is 11.3 Å². The quantitative estimate of drug-likeness (QED) is 0.418. The molecule has 176 valence electrons. The summed E-state index contributed by atoms with van der Waals surface area (Å²) < 4.78 is 5.76. The molecular formula is C27H27ClN2O3S. The van der Waals surface area contributed by atoms with Gasteiger partial charge in [0.25, 0.3) is 5.91 Å². The number of carbonyl (C=O) groups is 2. The van der Waals surface area contributed by atoms with Crippen molar-refractivity contribution in [3.05, 3.63) is 99.6 Å². The van der Waals surface area contributed by atoms with E-state index < -0.39 is 0 Å². The summed E-state index contributed by atoms with van der Waals surface area (Å²) in [4.78, 5) is 26.9. The van der Waals surface area contributed by atoms with Gasteiger partial charge in [-0.3, -0.25) is 9.59 Å². The fourth-order valence-electron chi connectivity index (χ4n) is 3.94. The second-order valence-electron chi connectivity index (χ2n) is 8.36. The van der Waals surface area contributed by atoms with E-state index in [9.17, 15) is 9.59 Å². The van der Waals surface area contributed by atoms with Crippen LogP contribution >= 0.6 is 23.4 Å². The Morgan fingerprint density at radius 1 is 1.06 bits per heavy atom. The topological polar surface area (TPSA) is 58.6 Å². The Bertz CT molecular complexity index is 1150. The molecule has 1 heterocycles. The molecule has 4 rings (SSSR count). The first kappa shape index (κ1) is 24.2. The van der Waals surface area contributed by atoms with Crippen molar-refractivity contribution in [3.63, 3.8) is 0 Å². The van der Waals surface area contributed by atoms with Crippen LogP contribution in [0.4, 0.5) is 0 Å². The average molecular weight is 495 g/mol. The lowest BCUT2D eigenvalue weighted by Crippen LogP contribution is -2.28. The van der Waals surface area contributed by atoms with Gasteiger partial charge in [-0.1, -0.05) is 41.9 Å². The number of halogens is 1. The van der Waals surface area contributed by atoms with E-state index in [2.05, 4.69) is 11.4 Å². The number of nitrogens with zero attached hydrogens (tertiary/aromatic N) is 1. The minimum Gasteiger partial charge on any atom is -0.492 e. The van der Waals surface area contributed by atoms with Crippen molar-refractivity contribution >= 4 is 35.2 Å². The Morgan fingerprint density at radius 3 is 2.41 bits per heavy atom. The summed E-state index contributed by atoms with van der Waals surface area (Å²) in [5.41, 5.74) is 4.90. The fraction of sp³-hybridized carbons (Fsp3) is 0.259. The number of hydrogen-bond donors (Lipinski definition) is 1. The third-order valence-electron chi connectivity index (χ3n) is 5.54. The Balaban J connectivity index is 1.32. The first-order valence-electron chi connectivity index (χ1n) is 11.1. The Hall–Kier alpha value is -2.96. The number of nitrogens with one attached hydrogen (secondary N) is 1. The highest BCUT2D eigenvalue weighted by Crippen LogP contribution is 2.39. The van der Waals surface area contributed by atoms with Crippen LogP contribution in [0, 0.1) is 13.8 Å². The molecule has 0 radical (unpaired) electrons. The van der Waals surface area contributed by atoms with Crippen LogP contribution in [-0.4, -0.2) is 35.6 Å². The van der Waals surface area contributed by atoms with Crippen molar-refractivity contribution in [1.29, 1.82) is 0 Å². The van der Waals surface area contributed by atoms with Crippen LogP contribution in [0.15, 0.2) is 66.7 Å². The van der Waals surface area contributed by atoms with Crippen LogP contribution in [0.1, 0.15) is 38.0 Å². The molecule has 1 saturated heterocycles. The highest BCUT2D eigenvalue weighted by molar-refractivity contribution is 8.00. The third-order valence-corrected chi connectivity index (χ3v) is 7.05. The lowest BCUT2D eigenvalue weighted by Gasteiger charge is -2.24. The van der Waals surface area contributed by atoms with Gasteiger partial charge in [-0.2, -0.15) is 0 Å². The van der Waals surface area contributed by atoms with Crippen LogP contribution in [0.3, 0.4) is 0 Å². The molecule has 34 heavy (non-hydrogen) atoms. The van der Waals surface area contributed by atoms with Gasteiger partial charge in [-0.05, 0) is 72.5 Å². The molecule has 7 heteroatoms. The van der Waals surface area contributed by atoms with Gasteiger partial charge in [0.15, 0.2) is 0 Å². The van der Waals surface area contributed by atoms with Gasteiger partial charge < -0.3 is 15.0 Å². The zero-order valence-electron chi connectivity index (χ0n) is 19.2. The lowest BCUT2D eigenvalue weighted by molar-refractivity contribution is -0.128. The predicted molar refractivity (Wildman–Crippen MR) is 137 cm³/mol. The van der Waals surface area contributed by atoms with Gasteiger partial charge in [-0.15, -0.1) is 11.8 Å². The molecule has 2 amide bonds. The molecule has 1 aliphatic rings. The first-order valence-corrected chi connectivity index (χ1v) is 12.6. The number of aryl methyl sites for hydroxylation is 2. The van der Waals surface area contributed by atoms with Crippen molar-refractivity contribution < 1.29 is 14.3 Å². The van der Waals surface area contributed by atoms with E-state index in [1.54, 1.807) is 23.9 Å². The molecule has 1 atom stereocenters. The SMILES string of the molecule is Cc1cc(C)cc(OCCNC(=O)c2ccc([C@@H]3SCC(=O)N3Cc3ccc(Cl)cc3)cc2)c1. The standard InChI is InChI=1S/C27H27ClN2O3S/c1-18-13-19(2)15-24(14-18)33-12-11-29-26(32)21-5-7-22(8-6-21)27-30(25(31)17-34-27)16-20-3-9-23(28)10-4-20/h3-10,13-15,27H,11-12,16-17H2,1-2H3,(H,29,32)/t27-/m0/s1. The minimum atomic E-state index is -0.149. The van der Waals surface area contributed by atoms with Gasteiger partial charge in [0.2, 0.25) is 5.91 Å². The molecule has 0 spiro atoms. The van der Waals surface area contributed by atoms with Gasteiger partial charge in [-0.25, -0.2) is 0 Å². The number of amides is 2. The maximum absolute atomic E-state index is 12.5. The molecule has 0 saturated carbocycles. The van der Waals surface area contributed by atoms with E-state index in [0.717, 1.165) is 28.0 Å². The second-order valence-corrected chi connectivity index (χ2v) is 9.87. The van der Waals surface area contributed by atoms with Crippen molar-refractivity contribution in [1.82, 2.24) is 10.2 Å². The number of carbonyl (C=O) groups excluding carboxylic acids is 2. The minimum absolute atomic E-state index is 0.0773. The van der Waals surface area contributed by atoms with Crippen LogP contribution in [0.2, 0.25) is 5.02 Å². The molecule has 0 aliphatic carbocycles. The lowest BCUT2D eigenvalue weighted by atomic mass is 10.1. The van der Waals surface area contributed by atoms with Crippen molar-refractivity contribution in [3.8, 4) is 5.75 Å². The molecular weight excluding hydrogens is 468 g/mol. The number of benzene rings is 3. The molecule has 1 fully saturated rings. The van der Waals surface area contributed by atoms with E-state index in [1.165, 1.54) is 0 Å². The summed E-state index contributed by atoms with van der Waals surface area (Å²) in [6.45, 7) is 5.39. The predicted octanol–water partition coefficient (Wildman–Crippen LogP) is 5.54. The van der Waals surface area contributed by atoms with Crippen LogP contribution < -0.4 is 10.1 Å². The van der Waals surface area contributed by atoms with Gasteiger partial charge in [0.1, 0.15) is 17.7 Å². The molecule has 5 nitrogen and oxygen atoms in total. The number of ether oxygens (including phenoxy) is 1. The van der Waals surface area contributed by atoms with Crippen LogP contribution in [0.5, 0.6) is 5.75 Å². The monoisotopic (exact) mass is 494 g/mol. The summed E-state index contributed by atoms with van der Waals surface area (Å²) in [7, 11) is 0. The summed E-state index contributed by atoms with van der Waals surface area (Å²) in [5.74, 6) is 1.21. The van der Waals surface area contributed by atoms with Gasteiger partial charge >= 0.3 is 0 Å². The zero-order chi connectivity index (χ0) is 24.1. The van der Waals surface area contributed by atoms with E-state index in [-0.39, 0.29) is 17.2 Å². The van der Waals surface area contributed by atoms with E-state index >= 15 is 0 Å². The van der Waals surface area contributed by atoms with E-state index in [4.69, 9.17) is 16.3 Å².